The number of nitrogens with one attached hydrogen (secondary N) is 1. The van der Waals surface area contributed by atoms with E-state index >= 15 is 0 Å². The van der Waals surface area contributed by atoms with E-state index in [1.165, 1.54) is 19.3 Å². The first-order valence-corrected chi connectivity index (χ1v) is 5.94. The van der Waals surface area contributed by atoms with E-state index in [1.54, 1.807) is 0 Å². The van der Waals surface area contributed by atoms with Crippen molar-refractivity contribution in [2.45, 2.75) is 31.3 Å². The van der Waals surface area contributed by atoms with Gasteiger partial charge >= 0.3 is 0 Å². The Balaban J connectivity index is 1.63. The SMILES string of the molecule is OC1(CNCC2CC=CCC2)CCOC1. The Morgan fingerprint density at radius 1 is 1.47 bits per heavy atom. The molecule has 1 heterocycles. The second kappa shape index (κ2) is 5.10. The van der Waals surface area contributed by atoms with Crippen molar-refractivity contribution in [3.05, 3.63) is 12.2 Å². The van der Waals surface area contributed by atoms with Crippen molar-refractivity contribution in [2.24, 2.45) is 5.92 Å². The summed E-state index contributed by atoms with van der Waals surface area (Å²) < 4.78 is 5.20. The lowest BCUT2D eigenvalue weighted by Gasteiger charge is -2.24. The van der Waals surface area contributed by atoms with Gasteiger partial charge in [-0.3, -0.25) is 0 Å². The number of rotatable bonds is 4. The predicted octanol–water partition coefficient (Wildman–Crippen LogP) is 1.08. The van der Waals surface area contributed by atoms with Crippen molar-refractivity contribution in [3.8, 4) is 0 Å². The average Bonchev–Trinajstić information content (AvgIpc) is 2.67. The summed E-state index contributed by atoms with van der Waals surface area (Å²) in [7, 11) is 0. The molecule has 0 bridgehead atoms. The largest absolute Gasteiger partial charge is 0.386 e. The lowest BCUT2D eigenvalue weighted by molar-refractivity contribution is 0.0264. The highest BCUT2D eigenvalue weighted by Crippen LogP contribution is 2.19. The van der Waals surface area contributed by atoms with E-state index in [0.29, 0.717) is 19.8 Å². The minimum atomic E-state index is -0.607. The molecule has 0 amide bonds. The molecule has 2 N–H and O–H groups in total. The molecule has 0 saturated carbocycles. The van der Waals surface area contributed by atoms with Crippen LogP contribution in [0.1, 0.15) is 25.7 Å². The van der Waals surface area contributed by atoms with E-state index in [1.807, 2.05) is 0 Å². The molecule has 15 heavy (non-hydrogen) atoms. The highest BCUT2D eigenvalue weighted by Gasteiger charge is 2.31. The Kier molecular flexibility index (Phi) is 3.78. The van der Waals surface area contributed by atoms with Crippen LogP contribution in [0.25, 0.3) is 0 Å². The van der Waals surface area contributed by atoms with Gasteiger partial charge in [-0.05, 0) is 31.7 Å². The maximum Gasteiger partial charge on any atom is 0.102 e. The zero-order valence-corrected chi connectivity index (χ0v) is 9.24. The molecule has 1 aliphatic carbocycles. The van der Waals surface area contributed by atoms with Crippen LogP contribution < -0.4 is 5.32 Å². The van der Waals surface area contributed by atoms with Crippen molar-refractivity contribution in [2.75, 3.05) is 26.3 Å². The normalized spacial score (nSPS) is 35.9. The minimum absolute atomic E-state index is 0.491. The molecule has 1 fully saturated rings. The Morgan fingerprint density at radius 3 is 3.07 bits per heavy atom. The van der Waals surface area contributed by atoms with Crippen LogP contribution in [-0.2, 0) is 4.74 Å². The van der Waals surface area contributed by atoms with Crippen LogP contribution in [0.15, 0.2) is 12.2 Å². The lowest BCUT2D eigenvalue weighted by atomic mass is 9.94. The van der Waals surface area contributed by atoms with E-state index in [9.17, 15) is 5.11 Å². The Hall–Kier alpha value is -0.380. The van der Waals surface area contributed by atoms with Gasteiger partial charge in [0.25, 0.3) is 0 Å². The third kappa shape index (κ3) is 3.30. The van der Waals surface area contributed by atoms with Crippen molar-refractivity contribution in [3.63, 3.8) is 0 Å². The topological polar surface area (TPSA) is 41.5 Å². The van der Waals surface area contributed by atoms with Crippen molar-refractivity contribution >= 4 is 0 Å². The monoisotopic (exact) mass is 211 g/mol. The second-order valence-electron chi connectivity index (χ2n) is 4.81. The van der Waals surface area contributed by atoms with Gasteiger partial charge in [-0.15, -0.1) is 0 Å². The first-order chi connectivity index (χ1) is 7.29. The van der Waals surface area contributed by atoms with Crippen molar-refractivity contribution in [1.29, 1.82) is 0 Å². The third-order valence-electron chi connectivity index (χ3n) is 3.35. The van der Waals surface area contributed by atoms with Gasteiger partial charge in [-0.25, -0.2) is 0 Å². The average molecular weight is 211 g/mol. The summed E-state index contributed by atoms with van der Waals surface area (Å²) in [6.45, 7) is 2.88. The molecule has 0 radical (unpaired) electrons. The molecule has 2 rings (SSSR count). The molecule has 3 nitrogen and oxygen atoms in total. The van der Waals surface area contributed by atoms with Crippen LogP contribution in [-0.4, -0.2) is 37.0 Å². The summed E-state index contributed by atoms with van der Waals surface area (Å²) in [4.78, 5) is 0. The fourth-order valence-electron chi connectivity index (χ4n) is 2.29. The molecule has 0 aromatic heterocycles. The smallest absolute Gasteiger partial charge is 0.102 e. The number of ether oxygens (including phenoxy) is 1. The second-order valence-corrected chi connectivity index (χ2v) is 4.81. The first kappa shape index (κ1) is 11.1. The van der Waals surface area contributed by atoms with Crippen LogP contribution in [0.5, 0.6) is 0 Å². The number of allylic oxidation sites excluding steroid dienone is 2. The summed E-state index contributed by atoms with van der Waals surface area (Å²) >= 11 is 0. The molecule has 2 unspecified atom stereocenters. The van der Waals surface area contributed by atoms with Crippen LogP contribution in [0.4, 0.5) is 0 Å². The van der Waals surface area contributed by atoms with Crippen LogP contribution in [0.2, 0.25) is 0 Å². The van der Waals surface area contributed by atoms with Crippen molar-refractivity contribution in [1.82, 2.24) is 5.32 Å². The van der Waals surface area contributed by atoms with E-state index in [2.05, 4.69) is 17.5 Å². The zero-order valence-electron chi connectivity index (χ0n) is 9.24. The highest BCUT2D eigenvalue weighted by atomic mass is 16.5. The van der Waals surface area contributed by atoms with Gasteiger partial charge in [0.1, 0.15) is 5.60 Å². The van der Waals surface area contributed by atoms with E-state index in [4.69, 9.17) is 4.74 Å². The summed E-state index contributed by atoms with van der Waals surface area (Å²) in [5.74, 6) is 0.751. The van der Waals surface area contributed by atoms with Gasteiger partial charge in [0.2, 0.25) is 0 Å². The van der Waals surface area contributed by atoms with Crippen LogP contribution >= 0.6 is 0 Å². The molecule has 0 aromatic carbocycles. The van der Waals surface area contributed by atoms with Crippen molar-refractivity contribution < 1.29 is 9.84 Å². The molecule has 0 spiro atoms. The number of hydrogen-bond donors (Lipinski definition) is 2. The molecule has 3 heteroatoms. The maximum absolute atomic E-state index is 10.0. The highest BCUT2D eigenvalue weighted by molar-refractivity contribution is 4.91. The third-order valence-corrected chi connectivity index (χ3v) is 3.35. The van der Waals surface area contributed by atoms with E-state index in [-0.39, 0.29) is 0 Å². The molecule has 1 aliphatic heterocycles. The van der Waals surface area contributed by atoms with Gasteiger partial charge in [0, 0.05) is 19.6 Å². The Labute approximate surface area is 91.5 Å². The molecule has 1 saturated heterocycles. The zero-order chi connectivity index (χ0) is 10.6. The summed E-state index contributed by atoms with van der Waals surface area (Å²) in [5, 5.41) is 13.4. The summed E-state index contributed by atoms with van der Waals surface area (Å²) in [6, 6.07) is 0. The van der Waals surface area contributed by atoms with Crippen LogP contribution in [0.3, 0.4) is 0 Å². The molecule has 2 atom stereocenters. The minimum Gasteiger partial charge on any atom is -0.386 e. The number of aliphatic hydroxyl groups is 1. The fourth-order valence-corrected chi connectivity index (χ4v) is 2.29. The Morgan fingerprint density at radius 2 is 2.40 bits per heavy atom. The Bertz CT molecular complexity index is 222. The first-order valence-electron chi connectivity index (χ1n) is 5.94. The fraction of sp³-hybridized carbons (Fsp3) is 0.833. The summed E-state index contributed by atoms with van der Waals surface area (Å²) in [5.41, 5.74) is -0.607. The molecular weight excluding hydrogens is 190 g/mol. The molecule has 2 aliphatic rings. The molecule has 0 aromatic rings. The van der Waals surface area contributed by atoms with Gasteiger partial charge in [0.15, 0.2) is 0 Å². The standard InChI is InChI=1S/C12H21NO2/c14-12(6-7-15-10-12)9-13-8-11-4-2-1-3-5-11/h1-2,11,13-14H,3-10H2. The maximum atomic E-state index is 10.0. The van der Waals surface area contributed by atoms with Gasteiger partial charge in [-0.1, -0.05) is 12.2 Å². The quantitative estimate of drug-likeness (QED) is 0.684. The van der Waals surface area contributed by atoms with Gasteiger partial charge < -0.3 is 15.2 Å². The van der Waals surface area contributed by atoms with Crippen LogP contribution in [0, 0.1) is 5.92 Å². The molecular formula is C12H21NO2. The number of hydrogen-bond acceptors (Lipinski definition) is 3. The summed E-state index contributed by atoms with van der Waals surface area (Å²) in [6.07, 6.45) is 8.96. The molecule has 86 valence electrons. The van der Waals surface area contributed by atoms with Gasteiger partial charge in [-0.2, -0.15) is 0 Å². The van der Waals surface area contributed by atoms with E-state index < -0.39 is 5.60 Å². The lowest BCUT2D eigenvalue weighted by Crippen LogP contribution is -2.42. The van der Waals surface area contributed by atoms with E-state index in [0.717, 1.165) is 18.9 Å². The van der Waals surface area contributed by atoms with Gasteiger partial charge in [0.05, 0.1) is 6.61 Å². The predicted molar refractivity (Wildman–Crippen MR) is 59.7 cm³/mol.